The molecule has 19 heavy (non-hydrogen) atoms. The van der Waals surface area contributed by atoms with Crippen LogP contribution in [0, 0.1) is 6.92 Å². The summed E-state index contributed by atoms with van der Waals surface area (Å²) in [5, 5.41) is 6.95. The Kier molecular flexibility index (Phi) is 3.96. The predicted molar refractivity (Wildman–Crippen MR) is 70.1 cm³/mol. The number of amides is 2. The molecule has 2 aromatic rings. The van der Waals surface area contributed by atoms with Gasteiger partial charge in [0.1, 0.15) is 17.2 Å². The molecule has 100 valence electrons. The van der Waals surface area contributed by atoms with Crippen LogP contribution < -0.4 is 10.6 Å². The summed E-state index contributed by atoms with van der Waals surface area (Å²) < 4.78 is 5.33. The van der Waals surface area contributed by atoms with Gasteiger partial charge in [0.05, 0.1) is 6.54 Å². The van der Waals surface area contributed by atoms with Crippen molar-refractivity contribution in [1.82, 2.24) is 15.6 Å². The molecule has 2 rings (SSSR count). The Morgan fingerprint density at radius 1 is 1.37 bits per heavy atom. The maximum Gasteiger partial charge on any atom is 0.280 e. The zero-order valence-corrected chi connectivity index (χ0v) is 11.3. The van der Waals surface area contributed by atoms with Gasteiger partial charge in [-0.25, -0.2) is 4.98 Å². The summed E-state index contributed by atoms with van der Waals surface area (Å²) in [7, 11) is 1.52. The van der Waals surface area contributed by atoms with Gasteiger partial charge in [-0.05, 0) is 19.1 Å². The topological polar surface area (TPSA) is 84.2 Å². The quantitative estimate of drug-likeness (QED) is 0.884. The SMILES string of the molecule is CNC(=O)c1nc(C(=O)NCc2ccc(C)o2)cs1. The maximum absolute atomic E-state index is 11.8. The molecule has 7 heteroatoms. The van der Waals surface area contributed by atoms with E-state index in [0.29, 0.717) is 12.3 Å². The van der Waals surface area contributed by atoms with Crippen molar-refractivity contribution in [2.24, 2.45) is 0 Å². The summed E-state index contributed by atoms with van der Waals surface area (Å²) in [5.74, 6) is 0.832. The standard InChI is InChI=1S/C12H13N3O3S/c1-7-3-4-8(18-7)5-14-10(16)9-6-19-12(15-9)11(17)13-2/h3-4,6H,5H2,1-2H3,(H,13,17)(H,14,16). The van der Waals surface area contributed by atoms with Crippen LogP contribution in [0.1, 0.15) is 31.8 Å². The lowest BCUT2D eigenvalue weighted by Crippen LogP contribution is -2.23. The summed E-state index contributed by atoms with van der Waals surface area (Å²) in [4.78, 5) is 27.1. The molecule has 2 aromatic heterocycles. The third-order valence-corrected chi connectivity index (χ3v) is 3.22. The number of aryl methyl sites for hydroxylation is 1. The first-order valence-corrected chi connectivity index (χ1v) is 6.49. The van der Waals surface area contributed by atoms with Gasteiger partial charge in [0.25, 0.3) is 11.8 Å². The summed E-state index contributed by atoms with van der Waals surface area (Å²) in [5.41, 5.74) is 0.229. The smallest absolute Gasteiger partial charge is 0.280 e. The fourth-order valence-electron chi connectivity index (χ4n) is 1.43. The minimum Gasteiger partial charge on any atom is -0.465 e. The number of hydrogen-bond acceptors (Lipinski definition) is 5. The molecule has 0 unspecified atom stereocenters. The van der Waals surface area contributed by atoms with Gasteiger partial charge in [-0.1, -0.05) is 0 Å². The second-order valence-electron chi connectivity index (χ2n) is 3.81. The number of rotatable bonds is 4. The number of aromatic nitrogens is 1. The predicted octanol–water partition coefficient (Wildman–Crippen LogP) is 1.33. The van der Waals surface area contributed by atoms with Crippen LogP contribution in [-0.2, 0) is 6.54 Å². The third kappa shape index (κ3) is 3.19. The molecule has 0 atom stereocenters. The van der Waals surface area contributed by atoms with Crippen LogP contribution in [0.3, 0.4) is 0 Å². The maximum atomic E-state index is 11.8. The van der Waals surface area contributed by atoms with E-state index in [1.807, 2.05) is 13.0 Å². The van der Waals surface area contributed by atoms with Crippen molar-refractivity contribution in [3.8, 4) is 0 Å². The number of nitrogens with one attached hydrogen (secondary N) is 2. The molecule has 0 radical (unpaired) electrons. The number of thiazole rings is 1. The highest BCUT2D eigenvalue weighted by atomic mass is 32.1. The molecule has 0 bridgehead atoms. The van der Waals surface area contributed by atoms with Gasteiger partial charge in [-0.15, -0.1) is 11.3 Å². The molecule has 0 aliphatic rings. The van der Waals surface area contributed by atoms with Crippen molar-refractivity contribution in [2.45, 2.75) is 13.5 Å². The average molecular weight is 279 g/mol. The first kappa shape index (κ1) is 13.3. The van der Waals surface area contributed by atoms with Crippen molar-refractivity contribution in [3.05, 3.63) is 39.7 Å². The van der Waals surface area contributed by atoms with Gasteiger partial charge < -0.3 is 15.1 Å². The molecule has 0 saturated heterocycles. The average Bonchev–Trinajstić information content (AvgIpc) is 3.04. The zero-order chi connectivity index (χ0) is 13.8. The molecule has 0 aliphatic carbocycles. The van der Waals surface area contributed by atoms with Gasteiger partial charge in [-0.2, -0.15) is 0 Å². The summed E-state index contributed by atoms with van der Waals surface area (Å²) >= 11 is 1.13. The Balaban J connectivity index is 1.96. The van der Waals surface area contributed by atoms with E-state index in [-0.39, 0.29) is 22.5 Å². The zero-order valence-electron chi connectivity index (χ0n) is 10.5. The first-order chi connectivity index (χ1) is 9.10. The molecule has 2 heterocycles. The second-order valence-corrected chi connectivity index (χ2v) is 4.67. The molecule has 0 aliphatic heterocycles. The highest BCUT2D eigenvalue weighted by Crippen LogP contribution is 2.10. The van der Waals surface area contributed by atoms with E-state index in [4.69, 9.17) is 4.42 Å². The van der Waals surface area contributed by atoms with Crippen molar-refractivity contribution in [1.29, 1.82) is 0 Å². The Morgan fingerprint density at radius 2 is 2.16 bits per heavy atom. The molecular weight excluding hydrogens is 266 g/mol. The van der Waals surface area contributed by atoms with E-state index in [1.54, 1.807) is 11.4 Å². The molecule has 6 nitrogen and oxygen atoms in total. The number of hydrogen-bond donors (Lipinski definition) is 2. The van der Waals surface area contributed by atoms with Crippen LogP contribution in [0.15, 0.2) is 21.9 Å². The van der Waals surface area contributed by atoms with Gasteiger partial charge in [0.2, 0.25) is 0 Å². The Hall–Kier alpha value is -2.15. The number of nitrogens with zero attached hydrogens (tertiary/aromatic N) is 1. The molecule has 0 spiro atoms. The van der Waals surface area contributed by atoms with E-state index in [1.165, 1.54) is 7.05 Å². The van der Waals surface area contributed by atoms with Gasteiger partial charge >= 0.3 is 0 Å². The minimum absolute atomic E-state index is 0.229. The lowest BCUT2D eigenvalue weighted by atomic mass is 10.4. The molecule has 2 amide bonds. The number of carbonyl (C=O) groups excluding carboxylic acids is 2. The fourth-order valence-corrected chi connectivity index (χ4v) is 2.17. The van der Waals surface area contributed by atoms with E-state index in [9.17, 15) is 9.59 Å². The summed E-state index contributed by atoms with van der Waals surface area (Å²) in [6, 6.07) is 3.63. The van der Waals surface area contributed by atoms with Crippen LogP contribution in [-0.4, -0.2) is 23.8 Å². The number of carbonyl (C=O) groups is 2. The Morgan fingerprint density at radius 3 is 2.79 bits per heavy atom. The Bertz CT molecular complexity index is 603. The lowest BCUT2D eigenvalue weighted by Gasteiger charge is -2.00. The van der Waals surface area contributed by atoms with E-state index in [2.05, 4.69) is 15.6 Å². The molecule has 0 aromatic carbocycles. The number of furan rings is 1. The third-order valence-electron chi connectivity index (χ3n) is 2.38. The van der Waals surface area contributed by atoms with Gasteiger partial charge in [0.15, 0.2) is 5.01 Å². The Labute approximate surface area is 113 Å². The highest BCUT2D eigenvalue weighted by Gasteiger charge is 2.14. The van der Waals surface area contributed by atoms with Crippen LogP contribution in [0.5, 0.6) is 0 Å². The van der Waals surface area contributed by atoms with Crippen LogP contribution in [0.4, 0.5) is 0 Å². The van der Waals surface area contributed by atoms with Crippen molar-refractivity contribution < 1.29 is 14.0 Å². The first-order valence-electron chi connectivity index (χ1n) is 5.61. The normalized spacial score (nSPS) is 10.2. The van der Waals surface area contributed by atoms with Crippen molar-refractivity contribution in [3.63, 3.8) is 0 Å². The molecule has 0 fully saturated rings. The van der Waals surface area contributed by atoms with Gasteiger partial charge in [0, 0.05) is 12.4 Å². The van der Waals surface area contributed by atoms with Crippen LogP contribution in [0.2, 0.25) is 0 Å². The molecule has 2 N–H and O–H groups in total. The van der Waals surface area contributed by atoms with Crippen LogP contribution in [0.25, 0.3) is 0 Å². The molecule has 0 saturated carbocycles. The van der Waals surface area contributed by atoms with E-state index < -0.39 is 0 Å². The van der Waals surface area contributed by atoms with Crippen molar-refractivity contribution in [2.75, 3.05) is 7.05 Å². The molecular formula is C12H13N3O3S. The summed E-state index contributed by atoms with van der Waals surface area (Å²) in [6.07, 6.45) is 0. The lowest BCUT2D eigenvalue weighted by molar-refractivity contribution is 0.0943. The van der Waals surface area contributed by atoms with Crippen molar-refractivity contribution >= 4 is 23.2 Å². The largest absolute Gasteiger partial charge is 0.465 e. The van der Waals surface area contributed by atoms with E-state index >= 15 is 0 Å². The van der Waals surface area contributed by atoms with Crippen LogP contribution >= 0.6 is 11.3 Å². The fraction of sp³-hybridized carbons (Fsp3) is 0.250. The van der Waals surface area contributed by atoms with E-state index in [0.717, 1.165) is 17.1 Å². The summed E-state index contributed by atoms with van der Waals surface area (Å²) in [6.45, 7) is 2.13. The second kappa shape index (κ2) is 5.66. The minimum atomic E-state index is -0.333. The highest BCUT2D eigenvalue weighted by molar-refractivity contribution is 7.11. The van der Waals surface area contributed by atoms with Gasteiger partial charge in [-0.3, -0.25) is 9.59 Å². The monoisotopic (exact) mass is 279 g/mol.